The molecule has 3 nitrogen and oxygen atoms in total. The third-order valence-electron chi connectivity index (χ3n) is 1.16. The number of aliphatic carboxylic acids is 1. The SMILES string of the molecule is C/C(C=N)=C/C=C(\C)C(=O)O. The fourth-order valence-electron chi connectivity index (χ4n) is 0.376. The summed E-state index contributed by atoms with van der Waals surface area (Å²) < 4.78 is 0. The van der Waals surface area contributed by atoms with Crippen LogP contribution in [0.5, 0.6) is 0 Å². The van der Waals surface area contributed by atoms with E-state index < -0.39 is 5.97 Å². The summed E-state index contributed by atoms with van der Waals surface area (Å²) in [6.45, 7) is 3.24. The second-order valence-corrected chi connectivity index (χ2v) is 2.21. The van der Waals surface area contributed by atoms with Crippen LogP contribution >= 0.6 is 0 Å². The van der Waals surface area contributed by atoms with Gasteiger partial charge in [-0.1, -0.05) is 12.2 Å². The van der Waals surface area contributed by atoms with E-state index >= 15 is 0 Å². The van der Waals surface area contributed by atoms with Gasteiger partial charge in [0.1, 0.15) is 0 Å². The smallest absolute Gasteiger partial charge is 0.331 e. The summed E-state index contributed by atoms with van der Waals surface area (Å²) in [7, 11) is 0. The van der Waals surface area contributed by atoms with Crippen LogP contribution in [0.4, 0.5) is 0 Å². The van der Waals surface area contributed by atoms with E-state index in [0.29, 0.717) is 0 Å². The van der Waals surface area contributed by atoms with Gasteiger partial charge >= 0.3 is 5.97 Å². The third-order valence-corrected chi connectivity index (χ3v) is 1.16. The number of carbonyl (C=O) groups is 1. The summed E-state index contributed by atoms with van der Waals surface area (Å²) in [5.74, 6) is -0.931. The summed E-state index contributed by atoms with van der Waals surface area (Å²) in [4.78, 5) is 10.2. The number of nitrogens with one attached hydrogen (secondary N) is 1. The van der Waals surface area contributed by atoms with E-state index in [4.69, 9.17) is 10.5 Å². The molecule has 0 saturated carbocycles. The summed E-state index contributed by atoms with van der Waals surface area (Å²) >= 11 is 0. The minimum Gasteiger partial charge on any atom is -0.478 e. The van der Waals surface area contributed by atoms with E-state index in [-0.39, 0.29) is 5.57 Å². The zero-order valence-electron chi connectivity index (χ0n) is 6.59. The van der Waals surface area contributed by atoms with E-state index in [2.05, 4.69) is 0 Å². The number of hydrogen-bond donors (Lipinski definition) is 2. The molecule has 2 N–H and O–H groups in total. The van der Waals surface area contributed by atoms with E-state index in [1.54, 1.807) is 13.0 Å². The lowest BCUT2D eigenvalue weighted by molar-refractivity contribution is -0.132. The maximum Gasteiger partial charge on any atom is 0.331 e. The zero-order chi connectivity index (χ0) is 8.85. The van der Waals surface area contributed by atoms with Crippen molar-refractivity contribution in [3.8, 4) is 0 Å². The van der Waals surface area contributed by atoms with Crippen molar-refractivity contribution in [3.63, 3.8) is 0 Å². The molecule has 0 spiro atoms. The Labute approximate surface area is 65.6 Å². The molecular weight excluding hydrogens is 142 g/mol. The quantitative estimate of drug-likeness (QED) is 0.367. The lowest BCUT2D eigenvalue weighted by Gasteiger charge is -1.88. The highest BCUT2D eigenvalue weighted by Crippen LogP contribution is 1.95. The minimum atomic E-state index is -0.931. The van der Waals surface area contributed by atoms with Gasteiger partial charge in [-0.25, -0.2) is 4.79 Å². The Hall–Kier alpha value is -1.38. The summed E-state index contributed by atoms with van der Waals surface area (Å²) in [5.41, 5.74) is 0.997. The predicted molar refractivity (Wildman–Crippen MR) is 43.9 cm³/mol. The molecule has 0 atom stereocenters. The van der Waals surface area contributed by atoms with Crippen LogP contribution in [0.2, 0.25) is 0 Å². The fraction of sp³-hybridized carbons (Fsp3) is 0.250. The largest absolute Gasteiger partial charge is 0.478 e. The standard InChI is InChI=1S/C8H11NO2/c1-6(5-9)3-4-7(2)8(10)11/h3-5,9H,1-2H3,(H,10,11)/b6-3-,7-4+,9-5?. The van der Waals surface area contributed by atoms with Gasteiger partial charge in [0.2, 0.25) is 0 Å². The van der Waals surface area contributed by atoms with Gasteiger partial charge in [0, 0.05) is 11.8 Å². The maximum atomic E-state index is 10.2. The summed E-state index contributed by atoms with van der Waals surface area (Å²) in [6.07, 6.45) is 4.24. The van der Waals surface area contributed by atoms with Crippen molar-refractivity contribution in [1.29, 1.82) is 5.41 Å². The van der Waals surface area contributed by atoms with Gasteiger partial charge < -0.3 is 10.5 Å². The molecule has 0 fully saturated rings. The highest BCUT2D eigenvalue weighted by molar-refractivity contribution is 5.86. The minimum absolute atomic E-state index is 0.270. The van der Waals surface area contributed by atoms with Crippen LogP contribution in [0, 0.1) is 5.41 Å². The van der Waals surface area contributed by atoms with Crippen molar-refractivity contribution in [2.75, 3.05) is 0 Å². The Balaban J connectivity index is 4.34. The van der Waals surface area contributed by atoms with Gasteiger partial charge in [-0.05, 0) is 19.4 Å². The average molecular weight is 153 g/mol. The average Bonchev–Trinajstić information content (AvgIpc) is 1.99. The van der Waals surface area contributed by atoms with Crippen LogP contribution in [-0.4, -0.2) is 17.3 Å². The molecule has 3 heteroatoms. The van der Waals surface area contributed by atoms with Crippen LogP contribution in [0.1, 0.15) is 13.8 Å². The molecular formula is C8H11NO2. The van der Waals surface area contributed by atoms with Crippen molar-refractivity contribution in [2.45, 2.75) is 13.8 Å². The number of allylic oxidation sites excluding steroid dienone is 3. The number of carboxylic acid groups (broad SMARTS) is 1. The summed E-state index contributed by atoms with van der Waals surface area (Å²) in [5, 5.41) is 15.2. The van der Waals surface area contributed by atoms with Gasteiger partial charge in [-0.2, -0.15) is 0 Å². The first-order valence-corrected chi connectivity index (χ1v) is 3.17. The van der Waals surface area contributed by atoms with E-state index in [9.17, 15) is 4.79 Å². The van der Waals surface area contributed by atoms with Gasteiger partial charge in [0.25, 0.3) is 0 Å². The Morgan fingerprint density at radius 3 is 2.27 bits per heavy atom. The molecule has 11 heavy (non-hydrogen) atoms. The molecule has 0 aliphatic carbocycles. The van der Waals surface area contributed by atoms with Gasteiger partial charge in [-0.3, -0.25) is 0 Å². The van der Waals surface area contributed by atoms with E-state index in [1.165, 1.54) is 19.2 Å². The first-order chi connectivity index (χ1) is 5.07. The van der Waals surface area contributed by atoms with Gasteiger partial charge in [0.05, 0.1) is 0 Å². The number of carboxylic acids is 1. The molecule has 0 aromatic heterocycles. The van der Waals surface area contributed by atoms with Gasteiger partial charge in [-0.15, -0.1) is 0 Å². The lowest BCUT2D eigenvalue weighted by Crippen LogP contribution is -1.94. The predicted octanol–water partition coefficient (Wildman–Crippen LogP) is 1.61. The fourth-order valence-corrected chi connectivity index (χ4v) is 0.376. The van der Waals surface area contributed by atoms with Gasteiger partial charge in [0.15, 0.2) is 0 Å². The van der Waals surface area contributed by atoms with Crippen LogP contribution in [0.3, 0.4) is 0 Å². The van der Waals surface area contributed by atoms with Crippen LogP contribution < -0.4 is 0 Å². The Morgan fingerprint density at radius 1 is 1.36 bits per heavy atom. The lowest BCUT2D eigenvalue weighted by atomic mass is 10.2. The van der Waals surface area contributed by atoms with Crippen LogP contribution in [0.15, 0.2) is 23.3 Å². The molecule has 60 valence electrons. The van der Waals surface area contributed by atoms with E-state index in [0.717, 1.165) is 5.57 Å². The highest BCUT2D eigenvalue weighted by atomic mass is 16.4. The Kier molecular flexibility index (Phi) is 3.88. The molecule has 0 aliphatic rings. The van der Waals surface area contributed by atoms with Crippen LogP contribution in [-0.2, 0) is 4.79 Å². The monoisotopic (exact) mass is 153 g/mol. The molecule has 0 unspecified atom stereocenters. The molecule has 0 heterocycles. The van der Waals surface area contributed by atoms with Crippen molar-refractivity contribution in [1.82, 2.24) is 0 Å². The van der Waals surface area contributed by atoms with Crippen molar-refractivity contribution >= 4 is 12.2 Å². The third kappa shape index (κ3) is 4.08. The normalized spacial score (nSPS) is 12.9. The Bertz CT molecular complexity index is 226. The first kappa shape index (κ1) is 9.62. The Morgan fingerprint density at radius 2 is 1.91 bits per heavy atom. The molecule has 0 radical (unpaired) electrons. The van der Waals surface area contributed by atoms with E-state index in [1.807, 2.05) is 0 Å². The van der Waals surface area contributed by atoms with Crippen molar-refractivity contribution < 1.29 is 9.90 Å². The second kappa shape index (κ2) is 4.44. The number of hydrogen-bond acceptors (Lipinski definition) is 2. The number of rotatable bonds is 3. The molecule has 0 amide bonds. The molecule has 0 bridgehead atoms. The van der Waals surface area contributed by atoms with Crippen LogP contribution in [0.25, 0.3) is 0 Å². The molecule has 0 aromatic rings. The maximum absolute atomic E-state index is 10.2. The molecule has 0 rings (SSSR count). The molecule has 0 aromatic carbocycles. The second-order valence-electron chi connectivity index (χ2n) is 2.21. The van der Waals surface area contributed by atoms with Crippen molar-refractivity contribution in [3.05, 3.63) is 23.3 Å². The topological polar surface area (TPSA) is 61.2 Å². The summed E-state index contributed by atoms with van der Waals surface area (Å²) in [6, 6.07) is 0. The highest BCUT2D eigenvalue weighted by Gasteiger charge is 1.95. The first-order valence-electron chi connectivity index (χ1n) is 3.17. The molecule has 0 saturated heterocycles. The molecule has 0 aliphatic heterocycles. The van der Waals surface area contributed by atoms with Crippen molar-refractivity contribution in [2.24, 2.45) is 0 Å². The zero-order valence-corrected chi connectivity index (χ0v) is 6.59.